The molecule has 0 spiro atoms. The number of hydrogen-bond acceptors (Lipinski definition) is 8. The molecule has 3 aromatic rings. The van der Waals surface area contributed by atoms with Crippen LogP contribution in [0.15, 0.2) is 28.6 Å². The van der Waals surface area contributed by atoms with Gasteiger partial charge in [0.15, 0.2) is 9.47 Å². The lowest BCUT2D eigenvalue weighted by Gasteiger charge is -2.24. The van der Waals surface area contributed by atoms with E-state index in [1.54, 1.807) is 18.3 Å². The second-order valence-corrected chi connectivity index (χ2v) is 11.8. The average molecular weight is 455 g/mol. The molecule has 1 amide bonds. The summed E-state index contributed by atoms with van der Waals surface area (Å²) in [5.74, 6) is 0.196. The molecule has 0 aliphatic carbocycles. The molecule has 1 aromatic carbocycles. The number of amides is 1. The van der Waals surface area contributed by atoms with E-state index in [9.17, 15) is 13.2 Å². The van der Waals surface area contributed by atoms with E-state index < -0.39 is 10.0 Å². The highest BCUT2D eigenvalue weighted by Crippen LogP contribution is 2.31. The number of thioether (sulfide) groups is 1. The monoisotopic (exact) mass is 454 g/mol. The summed E-state index contributed by atoms with van der Waals surface area (Å²) in [6.45, 7) is 2.42. The van der Waals surface area contributed by atoms with Gasteiger partial charge < -0.3 is 5.32 Å². The smallest absolute Gasteiger partial charge is 0.236 e. The van der Waals surface area contributed by atoms with Gasteiger partial charge in [0.1, 0.15) is 0 Å². The summed E-state index contributed by atoms with van der Waals surface area (Å²) in [5.41, 5.74) is 1.82. The first-order chi connectivity index (χ1) is 13.4. The van der Waals surface area contributed by atoms with E-state index >= 15 is 0 Å². The summed E-state index contributed by atoms with van der Waals surface area (Å²) in [5, 5.41) is 3.35. The highest BCUT2D eigenvalue weighted by molar-refractivity contribution is 8.01. The van der Waals surface area contributed by atoms with Crippen LogP contribution in [0.5, 0.6) is 0 Å². The summed E-state index contributed by atoms with van der Waals surface area (Å²) < 4.78 is 27.6. The fourth-order valence-electron chi connectivity index (χ4n) is 2.84. The van der Waals surface area contributed by atoms with Crippen LogP contribution in [0.3, 0.4) is 0 Å². The lowest BCUT2D eigenvalue weighted by molar-refractivity contribution is -0.113. The van der Waals surface area contributed by atoms with E-state index in [0.717, 1.165) is 25.1 Å². The van der Waals surface area contributed by atoms with Gasteiger partial charge in [-0.05, 0) is 19.1 Å². The number of fused-ring (bicyclic) bond motifs is 2. The van der Waals surface area contributed by atoms with Crippen molar-refractivity contribution in [2.75, 3.05) is 23.4 Å². The minimum Gasteiger partial charge on any atom is -0.301 e. The Morgan fingerprint density at radius 3 is 2.89 bits per heavy atom. The third-order valence-electron chi connectivity index (χ3n) is 4.30. The van der Waals surface area contributed by atoms with Crippen molar-refractivity contribution in [3.8, 4) is 0 Å². The quantitative estimate of drug-likeness (QED) is 0.575. The number of thiazole rings is 2. The van der Waals surface area contributed by atoms with Crippen LogP contribution in [0.4, 0.5) is 5.13 Å². The number of hydrogen-bond donors (Lipinski definition) is 1. The molecule has 7 nitrogen and oxygen atoms in total. The van der Waals surface area contributed by atoms with Gasteiger partial charge in [0.25, 0.3) is 0 Å². The number of nitrogens with one attached hydrogen (secondary N) is 1. The predicted molar refractivity (Wildman–Crippen MR) is 115 cm³/mol. The van der Waals surface area contributed by atoms with Crippen molar-refractivity contribution in [2.45, 2.75) is 24.2 Å². The maximum absolute atomic E-state index is 12.3. The summed E-state index contributed by atoms with van der Waals surface area (Å²) in [7, 11) is -3.21. The Morgan fingerprint density at radius 1 is 1.29 bits per heavy atom. The molecule has 3 heterocycles. The number of anilines is 1. The first kappa shape index (κ1) is 19.8. The first-order valence-corrected chi connectivity index (χ1v) is 12.9. The van der Waals surface area contributed by atoms with Gasteiger partial charge in [-0.25, -0.2) is 18.4 Å². The normalized spacial score (nSPS) is 14.9. The number of sulfonamides is 1. The van der Waals surface area contributed by atoms with Crippen molar-refractivity contribution in [3.05, 3.63) is 34.8 Å². The van der Waals surface area contributed by atoms with Gasteiger partial charge in [-0.2, -0.15) is 4.31 Å². The molecule has 0 atom stereocenters. The van der Waals surface area contributed by atoms with Crippen molar-refractivity contribution < 1.29 is 13.2 Å². The second kappa shape index (κ2) is 8.07. The third-order valence-corrected chi connectivity index (χ3v) is 9.31. The van der Waals surface area contributed by atoms with Crippen molar-refractivity contribution >= 4 is 65.7 Å². The molecular weight excluding hydrogens is 436 g/mol. The molecular formula is C17H18N4O3S4. The lowest BCUT2D eigenvalue weighted by atomic mass is 10.2. The maximum Gasteiger partial charge on any atom is 0.236 e. The number of benzene rings is 1. The Balaban J connectivity index is 1.36. The van der Waals surface area contributed by atoms with E-state index in [4.69, 9.17) is 0 Å². The number of nitrogens with zero attached hydrogens (tertiary/aromatic N) is 3. The molecule has 1 aliphatic rings. The van der Waals surface area contributed by atoms with E-state index in [-0.39, 0.29) is 17.4 Å². The van der Waals surface area contributed by atoms with Crippen LogP contribution in [-0.2, 0) is 27.8 Å². The number of para-hydroxylation sites is 1. The van der Waals surface area contributed by atoms with Crippen molar-refractivity contribution in [1.29, 1.82) is 0 Å². The Labute approximate surface area is 175 Å². The predicted octanol–water partition coefficient (Wildman–Crippen LogP) is 3.19. The Bertz CT molecular complexity index is 1090. The summed E-state index contributed by atoms with van der Waals surface area (Å²) in [4.78, 5) is 22.2. The van der Waals surface area contributed by atoms with Crippen LogP contribution < -0.4 is 5.32 Å². The van der Waals surface area contributed by atoms with Gasteiger partial charge in [-0.3, -0.25) is 4.79 Å². The number of rotatable bonds is 6. The minimum atomic E-state index is -3.21. The number of carbonyl (C=O) groups is 1. The van der Waals surface area contributed by atoms with E-state index in [1.807, 2.05) is 24.3 Å². The van der Waals surface area contributed by atoms with Crippen LogP contribution in [0, 0.1) is 0 Å². The van der Waals surface area contributed by atoms with Gasteiger partial charge in [0.05, 0.1) is 27.4 Å². The molecule has 11 heteroatoms. The van der Waals surface area contributed by atoms with Crippen LogP contribution in [0.1, 0.15) is 17.5 Å². The Morgan fingerprint density at radius 2 is 2.11 bits per heavy atom. The zero-order valence-electron chi connectivity index (χ0n) is 15.0. The minimum absolute atomic E-state index is 0.0910. The Kier molecular flexibility index (Phi) is 5.70. The van der Waals surface area contributed by atoms with Crippen LogP contribution >= 0.6 is 34.4 Å². The van der Waals surface area contributed by atoms with Gasteiger partial charge in [-0.1, -0.05) is 23.9 Å². The molecule has 0 radical (unpaired) electrons. The second-order valence-electron chi connectivity index (χ2n) is 6.16. The number of aromatic nitrogens is 2. The topological polar surface area (TPSA) is 92.3 Å². The fraction of sp³-hybridized carbons (Fsp3) is 0.353. The van der Waals surface area contributed by atoms with Gasteiger partial charge in [-0.15, -0.1) is 22.7 Å². The molecule has 0 bridgehead atoms. The molecule has 148 valence electrons. The highest BCUT2D eigenvalue weighted by atomic mass is 32.2. The standard InChI is InChI=1S/C17H18N4O3S4/c1-2-28(23,24)21-8-7-12-14(9-21)26-16(18-12)20-15(22)10-25-17-19-11-5-3-4-6-13(11)27-17/h3-6H,2,7-10H2,1H3,(H,18,20,22). The fourth-order valence-corrected chi connectivity index (χ4v) is 6.89. The molecule has 1 aliphatic heterocycles. The van der Waals surface area contributed by atoms with E-state index in [2.05, 4.69) is 15.3 Å². The highest BCUT2D eigenvalue weighted by Gasteiger charge is 2.28. The van der Waals surface area contributed by atoms with Gasteiger partial charge >= 0.3 is 0 Å². The lowest BCUT2D eigenvalue weighted by Crippen LogP contribution is -2.36. The van der Waals surface area contributed by atoms with Crippen molar-refractivity contribution in [1.82, 2.24) is 14.3 Å². The largest absolute Gasteiger partial charge is 0.301 e. The van der Waals surface area contributed by atoms with Crippen LogP contribution in [-0.4, -0.2) is 46.6 Å². The zero-order valence-corrected chi connectivity index (χ0v) is 18.3. The molecule has 2 aromatic heterocycles. The number of carbonyl (C=O) groups excluding carboxylic acids is 1. The molecule has 0 fully saturated rings. The molecule has 0 unspecified atom stereocenters. The molecule has 0 saturated carbocycles. The molecule has 28 heavy (non-hydrogen) atoms. The van der Waals surface area contributed by atoms with Crippen LogP contribution in [0.2, 0.25) is 0 Å². The zero-order chi connectivity index (χ0) is 19.7. The maximum atomic E-state index is 12.3. The first-order valence-electron chi connectivity index (χ1n) is 8.69. The molecule has 0 saturated heterocycles. The molecule has 1 N–H and O–H groups in total. The van der Waals surface area contributed by atoms with Crippen LogP contribution in [0.25, 0.3) is 10.2 Å². The average Bonchev–Trinajstić information content (AvgIpc) is 3.28. The van der Waals surface area contributed by atoms with Crippen molar-refractivity contribution in [3.63, 3.8) is 0 Å². The summed E-state index contributed by atoms with van der Waals surface area (Å²) in [6.07, 6.45) is 0.571. The molecule has 4 rings (SSSR count). The van der Waals surface area contributed by atoms with Gasteiger partial charge in [0.2, 0.25) is 15.9 Å². The van der Waals surface area contributed by atoms with E-state index in [1.165, 1.54) is 27.4 Å². The Hall–Kier alpha value is -1.53. The van der Waals surface area contributed by atoms with Crippen molar-refractivity contribution in [2.24, 2.45) is 0 Å². The summed E-state index contributed by atoms with van der Waals surface area (Å²) in [6, 6.07) is 7.89. The SMILES string of the molecule is CCS(=O)(=O)N1CCc2nc(NC(=O)CSc3nc4ccccc4s3)sc2C1. The third kappa shape index (κ3) is 4.23. The van der Waals surface area contributed by atoms with E-state index in [0.29, 0.717) is 24.6 Å². The summed E-state index contributed by atoms with van der Waals surface area (Å²) >= 11 is 4.32. The van der Waals surface area contributed by atoms with Gasteiger partial charge in [0, 0.05) is 24.4 Å².